The van der Waals surface area contributed by atoms with Crippen LogP contribution in [0.5, 0.6) is 0 Å². The zero-order valence-electron chi connectivity index (χ0n) is 10.1. The molecule has 6 heteroatoms. The van der Waals surface area contributed by atoms with E-state index in [1.165, 1.54) is 24.5 Å². The number of benzene rings is 1. The Bertz CT molecular complexity index is 649. The second kappa shape index (κ2) is 7.27. The van der Waals surface area contributed by atoms with Crippen molar-refractivity contribution < 1.29 is 4.79 Å². The van der Waals surface area contributed by atoms with Crippen LogP contribution in [-0.4, -0.2) is 30.4 Å². The van der Waals surface area contributed by atoms with Crippen LogP contribution in [0.3, 0.4) is 0 Å². The minimum atomic E-state index is -0.248. The number of fused-ring (bicyclic) bond motifs is 1. The molecule has 1 amide bonds. The fourth-order valence-corrected chi connectivity index (χ4v) is 1.79. The van der Waals surface area contributed by atoms with Crippen molar-refractivity contribution in [2.75, 3.05) is 5.75 Å². The van der Waals surface area contributed by atoms with Crippen LogP contribution in [0.1, 0.15) is 0 Å². The standard InChI is InChI=1S/C13H12N4OS/c18-13-9-15-7-11-3-1-2-4-12(11)8-16-10-14-5-6-19-17-13/h1-5,7-10H,6H2,(H,17,18)/b11-7-,12-8-,14-5?,15-9?,16-10?. The summed E-state index contributed by atoms with van der Waals surface area (Å²) in [5, 5.41) is 1.80. The van der Waals surface area contributed by atoms with Crippen LogP contribution in [-0.2, 0) is 4.79 Å². The van der Waals surface area contributed by atoms with Crippen LogP contribution in [0.25, 0.3) is 12.4 Å². The van der Waals surface area contributed by atoms with Gasteiger partial charge in [-0.3, -0.25) is 14.5 Å². The van der Waals surface area contributed by atoms with Crippen LogP contribution >= 0.6 is 11.9 Å². The highest BCUT2D eigenvalue weighted by atomic mass is 32.2. The molecule has 0 aromatic heterocycles. The first-order valence-electron chi connectivity index (χ1n) is 5.60. The number of hydrogen-bond acceptors (Lipinski definition) is 5. The number of carbonyl (C=O) groups excluding carboxylic acids is 1. The lowest BCUT2D eigenvalue weighted by molar-refractivity contribution is -0.112. The Kier molecular flexibility index (Phi) is 5.06. The van der Waals surface area contributed by atoms with Crippen LogP contribution in [0.15, 0.2) is 39.2 Å². The van der Waals surface area contributed by atoms with Crippen molar-refractivity contribution in [3.05, 3.63) is 34.7 Å². The molecular weight excluding hydrogens is 260 g/mol. The maximum Gasteiger partial charge on any atom is 0.272 e. The molecule has 19 heavy (non-hydrogen) atoms. The summed E-state index contributed by atoms with van der Waals surface area (Å²) >= 11 is 1.25. The molecule has 0 radical (unpaired) electrons. The van der Waals surface area contributed by atoms with Crippen LogP contribution in [0.4, 0.5) is 0 Å². The van der Waals surface area contributed by atoms with Crippen LogP contribution in [0, 0.1) is 0 Å². The van der Waals surface area contributed by atoms with Gasteiger partial charge in [0, 0.05) is 34.8 Å². The topological polar surface area (TPSA) is 66.2 Å². The van der Waals surface area contributed by atoms with E-state index in [-0.39, 0.29) is 5.91 Å². The van der Waals surface area contributed by atoms with Gasteiger partial charge in [0.15, 0.2) is 0 Å². The smallest absolute Gasteiger partial charge is 0.272 e. The van der Waals surface area contributed by atoms with E-state index >= 15 is 0 Å². The number of hydrogen-bond donors (Lipinski definition) is 1. The molecule has 2 rings (SSSR count). The predicted octanol–water partition coefficient (Wildman–Crippen LogP) is 0.110. The zero-order valence-corrected chi connectivity index (χ0v) is 10.9. The van der Waals surface area contributed by atoms with E-state index in [9.17, 15) is 4.79 Å². The first-order chi connectivity index (χ1) is 9.36. The van der Waals surface area contributed by atoms with Gasteiger partial charge in [-0.2, -0.15) is 0 Å². The minimum Gasteiger partial charge on any atom is -0.295 e. The van der Waals surface area contributed by atoms with E-state index in [0.29, 0.717) is 5.75 Å². The minimum absolute atomic E-state index is 0.248. The molecule has 0 unspecified atom stereocenters. The molecule has 0 aliphatic carbocycles. The highest BCUT2D eigenvalue weighted by Gasteiger charge is 1.93. The third-order valence-corrected chi connectivity index (χ3v) is 2.85. The first-order valence-corrected chi connectivity index (χ1v) is 6.58. The fourth-order valence-electron chi connectivity index (χ4n) is 1.35. The number of aliphatic imine (C=N–C) groups is 3. The van der Waals surface area contributed by atoms with Crippen molar-refractivity contribution in [3.8, 4) is 0 Å². The number of rotatable bonds is 0. The highest BCUT2D eigenvalue weighted by molar-refractivity contribution is 7.98. The molecule has 1 heterocycles. The number of amides is 1. The highest BCUT2D eigenvalue weighted by Crippen LogP contribution is 1.88. The van der Waals surface area contributed by atoms with Gasteiger partial charge in [0.2, 0.25) is 0 Å². The summed E-state index contributed by atoms with van der Waals surface area (Å²) in [5.41, 5.74) is 0. The quantitative estimate of drug-likeness (QED) is 0.681. The summed E-state index contributed by atoms with van der Waals surface area (Å²) in [6, 6.07) is 7.64. The van der Waals surface area contributed by atoms with Crippen molar-refractivity contribution in [1.82, 2.24) is 4.72 Å². The van der Waals surface area contributed by atoms with Crippen molar-refractivity contribution in [2.24, 2.45) is 15.0 Å². The molecule has 0 spiro atoms. The van der Waals surface area contributed by atoms with Gasteiger partial charge in [0.05, 0.1) is 6.21 Å². The molecule has 0 saturated carbocycles. The predicted molar refractivity (Wildman–Crippen MR) is 80.7 cm³/mol. The van der Waals surface area contributed by atoms with E-state index in [1.54, 1.807) is 18.6 Å². The average molecular weight is 272 g/mol. The Morgan fingerprint density at radius 1 is 1.05 bits per heavy atom. The second-order valence-electron chi connectivity index (χ2n) is 3.54. The normalized spacial score (nSPS) is 19.3. The summed E-state index contributed by atoms with van der Waals surface area (Å²) in [6.07, 6.45) is 7.71. The Labute approximate surface area is 114 Å². The summed E-state index contributed by atoms with van der Waals surface area (Å²) in [6.45, 7) is 0. The lowest BCUT2D eigenvalue weighted by atomic mass is 10.2. The molecule has 1 N–H and O–H groups in total. The van der Waals surface area contributed by atoms with Gasteiger partial charge >= 0.3 is 0 Å². The van der Waals surface area contributed by atoms with Gasteiger partial charge in [-0.05, 0) is 11.9 Å². The van der Waals surface area contributed by atoms with E-state index < -0.39 is 0 Å². The lowest BCUT2D eigenvalue weighted by Gasteiger charge is -1.95. The largest absolute Gasteiger partial charge is 0.295 e. The van der Waals surface area contributed by atoms with E-state index in [0.717, 1.165) is 10.4 Å². The molecule has 0 saturated heterocycles. The fraction of sp³-hybridized carbons (Fsp3) is 0.0769. The molecule has 5 nitrogen and oxygen atoms in total. The molecular formula is C13H12N4OS. The monoisotopic (exact) mass is 272 g/mol. The molecule has 0 atom stereocenters. The number of nitrogens with one attached hydrogen (secondary N) is 1. The molecule has 1 aromatic carbocycles. The average Bonchev–Trinajstić information content (AvgIpc) is 2.42. The summed E-state index contributed by atoms with van der Waals surface area (Å²) < 4.78 is 2.63. The van der Waals surface area contributed by atoms with Gasteiger partial charge in [-0.1, -0.05) is 24.3 Å². The van der Waals surface area contributed by atoms with E-state index in [2.05, 4.69) is 19.7 Å². The Hall–Kier alpha value is -2.21. The lowest BCUT2D eigenvalue weighted by Crippen LogP contribution is -2.23. The third kappa shape index (κ3) is 4.51. The molecule has 1 aliphatic heterocycles. The van der Waals surface area contributed by atoms with Crippen molar-refractivity contribution in [1.29, 1.82) is 0 Å². The Morgan fingerprint density at radius 3 is 2.58 bits per heavy atom. The van der Waals surface area contributed by atoms with Gasteiger partial charge in [-0.15, -0.1) is 0 Å². The molecule has 0 fully saturated rings. The Morgan fingerprint density at radius 2 is 1.79 bits per heavy atom. The number of nitrogens with zero attached hydrogens (tertiary/aromatic N) is 3. The Balaban J connectivity index is 2.42. The summed E-state index contributed by atoms with van der Waals surface area (Å²) in [5.74, 6) is 0.327. The number of carbonyl (C=O) groups is 1. The van der Waals surface area contributed by atoms with Crippen LogP contribution < -0.4 is 15.2 Å². The summed E-state index contributed by atoms with van der Waals surface area (Å²) in [4.78, 5) is 23.5. The van der Waals surface area contributed by atoms with Crippen molar-refractivity contribution >= 4 is 49.0 Å². The zero-order chi connectivity index (χ0) is 13.3. The van der Waals surface area contributed by atoms with Gasteiger partial charge < -0.3 is 0 Å². The maximum absolute atomic E-state index is 11.4. The molecule has 0 bridgehead atoms. The van der Waals surface area contributed by atoms with Crippen LogP contribution in [0.2, 0.25) is 0 Å². The molecule has 1 aliphatic rings. The van der Waals surface area contributed by atoms with Gasteiger partial charge in [-0.25, -0.2) is 9.98 Å². The van der Waals surface area contributed by atoms with Crippen molar-refractivity contribution in [3.63, 3.8) is 0 Å². The van der Waals surface area contributed by atoms with Crippen molar-refractivity contribution in [2.45, 2.75) is 0 Å². The first kappa shape index (κ1) is 13.2. The summed E-state index contributed by atoms with van der Waals surface area (Å²) in [7, 11) is 0. The van der Waals surface area contributed by atoms with Gasteiger partial charge in [0.1, 0.15) is 6.34 Å². The van der Waals surface area contributed by atoms with E-state index in [1.807, 2.05) is 24.3 Å². The second-order valence-corrected chi connectivity index (χ2v) is 4.36. The maximum atomic E-state index is 11.4. The third-order valence-electron chi connectivity index (χ3n) is 2.18. The SMILES string of the molecule is O=C1C=N/C=c2/cccc/c2=C/N=CN=CCSN1. The van der Waals surface area contributed by atoms with E-state index in [4.69, 9.17) is 0 Å². The van der Waals surface area contributed by atoms with Gasteiger partial charge in [0.25, 0.3) is 5.91 Å². The molecule has 96 valence electrons. The molecule has 1 aromatic rings.